The summed E-state index contributed by atoms with van der Waals surface area (Å²) in [6.45, 7) is 13.1. The molecule has 0 aliphatic carbocycles. The molecule has 1 fully saturated rings. The largest absolute Gasteiger partial charge is 0.451 e. The maximum atomic E-state index is 11.4. The van der Waals surface area contributed by atoms with Gasteiger partial charge in [-0.3, -0.25) is 9.69 Å². The molecule has 1 amide bonds. The Morgan fingerprint density at radius 3 is 2.49 bits per heavy atom. The number of nitrogens with zero attached hydrogens (tertiary/aromatic N) is 3. The van der Waals surface area contributed by atoms with E-state index in [2.05, 4.69) is 33.1 Å². The van der Waals surface area contributed by atoms with Crippen LogP contribution in [0.4, 0.5) is 5.69 Å². The van der Waals surface area contributed by atoms with Crippen molar-refractivity contribution in [2.24, 2.45) is 5.73 Å². The number of fused-ring (bicyclic) bond motifs is 2. The van der Waals surface area contributed by atoms with Gasteiger partial charge in [-0.15, -0.1) is 0 Å². The number of nitrogens with one attached hydrogen (secondary N) is 1. The minimum absolute atomic E-state index is 0.199. The van der Waals surface area contributed by atoms with E-state index in [1.54, 1.807) is 6.07 Å². The maximum absolute atomic E-state index is 11.4. The molecule has 196 valence electrons. The molecule has 1 saturated heterocycles. The third-order valence-corrected chi connectivity index (χ3v) is 6.55. The Morgan fingerprint density at radius 2 is 1.78 bits per heavy atom. The molecule has 37 heavy (non-hydrogen) atoms. The summed E-state index contributed by atoms with van der Waals surface area (Å²) in [6, 6.07) is 15.8. The zero-order chi connectivity index (χ0) is 26.8. The minimum Gasteiger partial charge on any atom is -0.451 e. The molecule has 4 aromatic rings. The highest BCUT2D eigenvalue weighted by atomic mass is 16.3. The van der Waals surface area contributed by atoms with Crippen LogP contribution in [0.3, 0.4) is 0 Å². The number of hydrogen-bond acceptors (Lipinski definition) is 5. The predicted octanol–water partition coefficient (Wildman–Crippen LogP) is 6.08. The van der Waals surface area contributed by atoms with Crippen LogP contribution in [0.1, 0.15) is 62.2 Å². The molecular formula is C30H39N5O2. The first-order chi connectivity index (χ1) is 18.1. The number of hydrogen-bond donors (Lipinski definition) is 2. The van der Waals surface area contributed by atoms with Gasteiger partial charge in [-0.2, -0.15) is 5.26 Å². The fourth-order valence-electron chi connectivity index (χ4n) is 4.68. The quantitative estimate of drug-likeness (QED) is 0.299. The van der Waals surface area contributed by atoms with Crippen LogP contribution in [0.5, 0.6) is 0 Å². The monoisotopic (exact) mass is 501 g/mol. The van der Waals surface area contributed by atoms with Crippen molar-refractivity contribution in [3.63, 3.8) is 0 Å². The fraction of sp³-hybridized carbons (Fsp3) is 0.400. The molecule has 1 aliphatic heterocycles. The summed E-state index contributed by atoms with van der Waals surface area (Å²) in [5.74, 6) is -0.344. The fourth-order valence-corrected chi connectivity index (χ4v) is 4.68. The molecule has 0 unspecified atom stereocenters. The Morgan fingerprint density at radius 1 is 1.03 bits per heavy atom. The van der Waals surface area contributed by atoms with E-state index in [1.807, 2.05) is 58.0 Å². The van der Waals surface area contributed by atoms with Crippen molar-refractivity contribution in [1.82, 2.24) is 9.88 Å². The lowest BCUT2D eigenvalue weighted by Gasteiger charge is -2.36. The van der Waals surface area contributed by atoms with Gasteiger partial charge in [0.2, 0.25) is 0 Å². The summed E-state index contributed by atoms with van der Waals surface area (Å²) < 4.78 is 5.49. The Labute approximate surface area is 219 Å². The number of amides is 1. The second-order valence-corrected chi connectivity index (χ2v) is 8.67. The maximum Gasteiger partial charge on any atom is 0.284 e. The van der Waals surface area contributed by atoms with Crippen molar-refractivity contribution in [3.8, 4) is 6.07 Å². The molecule has 0 atom stereocenters. The standard InChI is InChI=1S/C26H27N5O2.2C2H6/c27-16-18-4-6-23-22(13-18)19(17-29-23)3-1-2-8-30-9-11-31(12-10-30)21-5-7-24-20(14-21)15-25(33-24)26(28)32;2*1-2/h4-7,13-15,17,29H,1-3,8-12H2,(H2,28,32);2*1-2H3. The minimum atomic E-state index is -0.544. The second kappa shape index (κ2) is 13.5. The molecule has 1 aliphatic rings. The number of furan rings is 1. The molecule has 7 heteroatoms. The number of primary amides is 1. The zero-order valence-corrected chi connectivity index (χ0v) is 22.5. The van der Waals surface area contributed by atoms with Crippen LogP contribution in [0.15, 0.2) is 53.1 Å². The highest BCUT2D eigenvalue weighted by molar-refractivity contribution is 5.95. The van der Waals surface area contributed by atoms with Gasteiger partial charge in [0.25, 0.3) is 5.91 Å². The van der Waals surface area contributed by atoms with E-state index in [9.17, 15) is 4.79 Å². The molecule has 3 N–H and O–H groups in total. The number of benzene rings is 2. The van der Waals surface area contributed by atoms with Gasteiger partial charge in [0, 0.05) is 54.4 Å². The van der Waals surface area contributed by atoms with Crippen LogP contribution in [0, 0.1) is 11.3 Å². The number of nitriles is 1. The van der Waals surface area contributed by atoms with Crippen LogP contribution in [-0.4, -0.2) is 48.5 Å². The van der Waals surface area contributed by atoms with E-state index < -0.39 is 5.91 Å². The van der Waals surface area contributed by atoms with Crippen LogP contribution < -0.4 is 10.6 Å². The van der Waals surface area contributed by atoms with E-state index in [0.29, 0.717) is 11.1 Å². The highest BCUT2D eigenvalue weighted by Crippen LogP contribution is 2.26. The number of aromatic nitrogens is 1. The van der Waals surface area contributed by atoms with Crippen LogP contribution in [0.2, 0.25) is 0 Å². The summed E-state index contributed by atoms with van der Waals surface area (Å²) in [7, 11) is 0. The van der Waals surface area contributed by atoms with Gasteiger partial charge in [-0.25, -0.2) is 0 Å². The molecule has 0 spiro atoms. The number of carbonyl (C=O) groups excluding carboxylic acids is 1. The Hall–Kier alpha value is -3.76. The summed E-state index contributed by atoms with van der Waals surface area (Å²) in [5, 5.41) is 11.2. The number of carbonyl (C=O) groups is 1. The molecule has 7 nitrogen and oxygen atoms in total. The first-order valence-corrected chi connectivity index (χ1v) is 13.4. The topological polar surface area (TPSA) is 102 Å². The summed E-state index contributed by atoms with van der Waals surface area (Å²) >= 11 is 0. The summed E-state index contributed by atoms with van der Waals surface area (Å²) in [4.78, 5) is 19.6. The number of aryl methyl sites for hydroxylation is 1. The molecule has 3 heterocycles. The molecule has 0 saturated carbocycles. The number of rotatable bonds is 7. The third kappa shape index (κ3) is 6.72. The predicted molar refractivity (Wildman–Crippen MR) is 152 cm³/mol. The van der Waals surface area contributed by atoms with Gasteiger partial charge in [0.1, 0.15) is 5.58 Å². The number of nitrogens with two attached hydrogens (primary N) is 1. The van der Waals surface area contributed by atoms with Crippen molar-refractivity contribution in [1.29, 1.82) is 5.26 Å². The van der Waals surface area contributed by atoms with Crippen LogP contribution in [0.25, 0.3) is 21.9 Å². The average Bonchev–Trinajstić information content (AvgIpc) is 3.57. The van der Waals surface area contributed by atoms with E-state index in [0.717, 1.165) is 68.6 Å². The van der Waals surface area contributed by atoms with Crippen LogP contribution >= 0.6 is 0 Å². The molecule has 2 aromatic heterocycles. The molecule has 0 bridgehead atoms. The van der Waals surface area contributed by atoms with Crippen molar-refractivity contribution < 1.29 is 9.21 Å². The number of unbranched alkanes of at least 4 members (excludes halogenated alkanes) is 1. The van der Waals surface area contributed by atoms with Crippen molar-refractivity contribution in [2.75, 3.05) is 37.6 Å². The van der Waals surface area contributed by atoms with Gasteiger partial charge in [-0.1, -0.05) is 27.7 Å². The van der Waals surface area contributed by atoms with E-state index >= 15 is 0 Å². The third-order valence-electron chi connectivity index (χ3n) is 6.55. The lowest BCUT2D eigenvalue weighted by atomic mass is 10.1. The second-order valence-electron chi connectivity index (χ2n) is 8.67. The Bertz CT molecular complexity index is 1340. The summed E-state index contributed by atoms with van der Waals surface area (Å²) in [5.41, 5.74) is 10.3. The van der Waals surface area contributed by atoms with Crippen molar-refractivity contribution >= 4 is 33.5 Å². The van der Waals surface area contributed by atoms with Crippen molar-refractivity contribution in [2.45, 2.75) is 47.0 Å². The first kappa shape index (κ1) is 27.8. The van der Waals surface area contributed by atoms with E-state index in [-0.39, 0.29) is 5.76 Å². The molecular weight excluding hydrogens is 462 g/mol. The number of anilines is 1. The lowest BCUT2D eigenvalue weighted by Crippen LogP contribution is -2.46. The lowest BCUT2D eigenvalue weighted by molar-refractivity contribution is 0.0976. The molecule has 0 radical (unpaired) electrons. The van der Waals surface area contributed by atoms with Crippen molar-refractivity contribution in [3.05, 3.63) is 65.5 Å². The smallest absolute Gasteiger partial charge is 0.284 e. The van der Waals surface area contributed by atoms with Gasteiger partial charge in [-0.05, 0) is 73.8 Å². The number of aromatic amines is 1. The zero-order valence-electron chi connectivity index (χ0n) is 22.5. The van der Waals surface area contributed by atoms with E-state index in [4.69, 9.17) is 15.4 Å². The van der Waals surface area contributed by atoms with Crippen LogP contribution in [-0.2, 0) is 6.42 Å². The van der Waals surface area contributed by atoms with E-state index in [1.165, 1.54) is 10.9 Å². The number of piperazine rings is 1. The molecule has 2 aromatic carbocycles. The summed E-state index contributed by atoms with van der Waals surface area (Å²) in [6.07, 6.45) is 5.38. The number of H-pyrrole nitrogens is 1. The van der Waals surface area contributed by atoms with Gasteiger partial charge in [0.05, 0.1) is 11.6 Å². The average molecular weight is 502 g/mol. The SMILES string of the molecule is CC.CC.N#Cc1ccc2[nH]cc(CCCCN3CCN(c4ccc5oc(C(N)=O)cc5c4)CC3)c2c1. The van der Waals surface area contributed by atoms with Gasteiger partial charge >= 0.3 is 0 Å². The first-order valence-electron chi connectivity index (χ1n) is 13.4. The van der Waals surface area contributed by atoms with Gasteiger partial charge < -0.3 is 20.0 Å². The molecule has 5 rings (SSSR count). The van der Waals surface area contributed by atoms with Gasteiger partial charge in [0.15, 0.2) is 5.76 Å². The Balaban J connectivity index is 0.000000907. The normalized spacial score (nSPS) is 13.4. The Kier molecular flexibility index (Phi) is 10.2. The highest BCUT2D eigenvalue weighted by Gasteiger charge is 2.18.